The number of rotatable bonds is 6. The van der Waals surface area contributed by atoms with E-state index in [1.165, 1.54) is 173 Å². The van der Waals surface area contributed by atoms with E-state index in [1.807, 2.05) is 0 Å². The summed E-state index contributed by atoms with van der Waals surface area (Å²) in [4.78, 5) is 13.1. The van der Waals surface area contributed by atoms with Crippen molar-refractivity contribution >= 4 is 0 Å². The Morgan fingerprint density at radius 2 is 0.729 bits per heavy atom. The summed E-state index contributed by atoms with van der Waals surface area (Å²) < 4.78 is 0. The summed E-state index contributed by atoms with van der Waals surface area (Å²) in [7, 11) is 0. The van der Waals surface area contributed by atoms with E-state index in [0.717, 1.165) is 108 Å². The predicted octanol–water partition coefficient (Wildman–Crippen LogP) is 12.5. The molecule has 0 aromatic heterocycles. The van der Waals surface area contributed by atoms with E-state index in [9.17, 15) is 0 Å². The second-order valence-corrected chi connectivity index (χ2v) is 24.5. The molecule has 12 aliphatic rings. The van der Waals surface area contributed by atoms with Crippen LogP contribution >= 0.6 is 0 Å². The molecule has 3 heterocycles. The summed E-state index contributed by atoms with van der Waals surface area (Å²) in [6.45, 7) is 2.58. The van der Waals surface area contributed by atoms with Crippen LogP contribution in [-0.4, -0.2) is 92.1 Å². The van der Waals surface area contributed by atoms with Crippen molar-refractivity contribution in [1.82, 2.24) is 19.6 Å². The van der Waals surface area contributed by atoms with Crippen LogP contribution in [0.3, 0.4) is 0 Å². The minimum Gasteiger partial charge on any atom is -0.294 e. The molecule has 0 bridgehead atoms. The molecule has 0 aromatic rings. The highest BCUT2D eigenvalue weighted by molar-refractivity contribution is 5.15. The van der Waals surface area contributed by atoms with Crippen LogP contribution in [0.5, 0.6) is 0 Å². The Morgan fingerprint density at radius 1 is 0.339 bits per heavy atom. The molecule has 0 N–H and O–H groups in total. The van der Waals surface area contributed by atoms with Gasteiger partial charge in [-0.05, 0) is 189 Å². The van der Waals surface area contributed by atoms with E-state index in [-0.39, 0.29) is 0 Å². The van der Waals surface area contributed by atoms with E-state index in [2.05, 4.69) is 38.7 Å². The summed E-state index contributed by atoms with van der Waals surface area (Å²) >= 11 is 0. The molecule has 0 aromatic carbocycles. The van der Waals surface area contributed by atoms with Gasteiger partial charge in [-0.25, -0.2) is 0 Å². The largest absolute Gasteiger partial charge is 0.294 e. The molecule has 0 radical (unpaired) electrons. The summed E-state index contributed by atoms with van der Waals surface area (Å²) in [5.41, 5.74) is 0. The molecule has 0 amide bonds. The van der Waals surface area contributed by atoms with Crippen LogP contribution in [0.25, 0.3) is 0 Å². The summed E-state index contributed by atoms with van der Waals surface area (Å²) in [6, 6.07) is 10.4. The Hall–Kier alpha value is -0.420. The van der Waals surface area contributed by atoms with Crippen molar-refractivity contribution in [3.05, 3.63) is 12.2 Å². The van der Waals surface area contributed by atoms with Crippen molar-refractivity contribution in [2.45, 2.75) is 291 Å². The van der Waals surface area contributed by atoms with Gasteiger partial charge in [-0.1, -0.05) is 83.3 Å². The van der Waals surface area contributed by atoms with E-state index >= 15 is 0 Å². The molecule has 14 unspecified atom stereocenters. The fourth-order valence-corrected chi connectivity index (χ4v) is 20.0. The van der Waals surface area contributed by atoms with Gasteiger partial charge in [0.05, 0.1) is 0 Å². The predicted molar refractivity (Wildman–Crippen MR) is 244 cm³/mol. The number of hydrogen-bond acceptors (Lipinski definition) is 4. The Morgan fingerprint density at radius 3 is 1.15 bits per heavy atom. The molecule has 0 spiro atoms. The maximum absolute atomic E-state index is 3.31. The zero-order chi connectivity index (χ0) is 39.0. The summed E-state index contributed by atoms with van der Waals surface area (Å²) in [6.07, 6.45) is 55.6. The summed E-state index contributed by atoms with van der Waals surface area (Å²) in [5.74, 6) is 7.18. The molecule has 3 saturated heterocycles. The summed E-state index contributed by atoms with van der Waals surface area (Å²) in [5, 5.41) is 0. The standard InChI is InChI=1S/C55H90N4/c1-37-22-35-55-49(36-37)48-16-6-11-21-54(48)59(55)43-33-27-40(28-34-43)56(38-23-29-41(30-24-38)57-50-17-7-2-12-44(50)45-13-3-8-18-51(45)57)39-25-31-42(32-26-39)58-52-19-9-4-14-46(52)47-15-5-10-20-53(47)58/h23,29,37-55H,2-22,24-28,30-36H2,1H3/t37?,38?,39?,40?,41?,42?,43?,44?,45?,46-,47?,48?,49?,50?,51?,52?,53?,54?,55?/m1/s1. The Kier molecular flexibility index (Phi) is 11.7. The van der Waals surface area contributed by atoms with Crippen LogP contribution in [0, 0.1) is 41.4 Å². The Labute approximate surface area is 363 Å². The average Bonchev–Trinajstić information content (AvgIpc) is 3.93. The first-order valence-corrected chi connectivity index (χ1v) is 28.0. The topological polar surface area (TPSA) is 13.0 Å². The van der Waals surface area contributed by atoms with Gasteiger partial charge in [0.1, 0.15) is 0 Å². The zero-order valence-electron chi connectivity index (χ0n) is 38.2. The van der Waals surface area contributed by atoms with Gasteiger partial charge in [-0.2, -0.15) is 0 Å². The molecule has 3 aliphatic heterocycles. The van der Waals surface area contributed by atoms with E-state index in [0.29, 0.717) is 6.04 Å². The van der Waals surface area contributed by atoms with Gasteiger partial charge in [0.15, 0.2) is 0 Å². The second kappa shape index (κ2) is 17.2. The molecule has 4 nitrogen and oxygen atoms in total. The highest BCUT2D eigenvalue weighted by atomic mass is 15.3. The second-order valence-electron chi connectivity index (χ2n) is 24.5. The van der Waals surface area contributed by atoms with Crippen molar-refractivity contribution in [1.29, 1.82) is 0 Å². The third-order valence-electron chi connectivity index (χ3n) is 22.1. The van der Waals surface area contributed by atoms with E-state index < -0.39 is 0 Å². The molecule has 15 atom stereocenters. The van der Waals surface area contributed by atoms with Gasteiger partial charge >= 0.3 is 0 Å². The SMILES string of the molecule is CC1CCC2C(C1)C1CCCCC1N2C1CCC(N(C2C=CC(N3C4CCCCC4C4CCCCC43)CC2)C2CCC(N3C4CCCCC4[C@H]4CCCCC43)CC2)CC1. The molecule has 8 saturated carbocycles. The molecular formula is C55H90N4. The minimum absolute atomic E-state index is 0.692. The third-order valence-corrected chi connectivity index (χ3v) is 22.1. The first-order valence-electron chi connectivity index (χ1n) is 28.0. The van der Waals surface area contributed by atoms with Crippen LogP contribution in [0.15, 0.2) is 12.2 Å². The van der Waals surface area contributed by atoms with Crippen LogP contribution in [-0.2, 0) is 0 Å². The fraction of sp³-hybridized carbons (Fsp3) is 0.964. The monoisotopic (exact) mass is 807 g/mol. The van der Waals surface area contributed by atoms with Gasteiger partial charge in [0, 0.05) is 72.5 Å². The average molecular weight is 807 g/mol. The first kappa shape index (κ1) is 40.1. The lowest BCUT2D eigenvalue weighted by Crippen LogP contribution is -2.56. The van der Waals surface area contributed by atoms with Gasteiger partial charge in [-0.15, -0.1) is 0 Å². The zero-order valence-corrected chi connectivity index (χ0v) is 38.2. The van der Waals surface area contributed by atoms with Gasteiger partial charge in [0.25, 0.3) is 0 Å². The Balaban J connectivity index is 0.774. The van der Waals surface area contributed by atoms with Crippen LogP contribution in [0.2, 0.25) is 0 Å². The van der Waals surface area contributed by atoms with E-state index in [4.69, 9.17) is 0 Å². The molecule has 330 valence electrons. The first-order chi connectivity index (χ1) is 29.2. The van der Waals surface area contributed by atoms with Crippen molar-refractivity contribution in [2.75, 3.05) is 0 Å². The Bertz CT molecular complexity index is 1400. The van der Waals surface area contributed by atoms with Crippen molar-refractivity contribution in [3.8, 4) is 0 Å². The van der Waals surface area contributed by atoms with Gasteiger partial charge < -0.3 is 0 Å². The quantitative estimate of drug-likeness (QED) is 0.248. The lowest BCUT2D eigenvalue weighted by molar-refractivity contribution is -0.00840. The number of hydrogen-bond donors (Lipinski definition) is 0. The number of nitrogens with zero attached hydrogens (tertiary/aromatic N) is 4. The van der Waals surface area contributed by atoms with Crippen molar-refractivity contribution in [3.63, 3.8) is 0 Å². The maximum Gasteiger partial charge on any atom is 0.0285 e. The van der Waals surface area contributed by atoms with Crippen LogP contribution in [0.4, 0.5) is 0 Å². The molecule has 4 heteroatoms. The molecule has 9 aliphatic carbocycles. The van der Waals surface area contributed by atoms with Gasteiger partial charge in [0.2, 0.25) is 0 Å². The highest BCUT2D eigenvalue weighted by Gasteiger charge is 2.56. The molecular weight excluding hydrogens is 717 g/mol. The maximum atomic E-state index is 3.31. The third kappa shape index (κ3) is 7.16. The highest BCUT2D eigenvalue weighted by Crippen LogP contribution is 2.55. The normalized spacial score (nSPS) is 52.0. The van der Waals surface area contributed by atoms with Crippen molar-refractivity contribution < 1.29 is 0 Å². The van der Waals surface area contributed by atoms with E-state index in [1.54, 1.807) is 38.5 Å². The lowest BCUT2D eigenvalue weighted by Gasteiger charge is -2.51. The molecule has 59 heavy (non-hydrogen) atoms. The fourth-order valence-electron chi connectivity index (χ4n) is 20.0. The number of fused-ring (bicyclic) bond motifs is 9. The molecule has 12 rings (SSSR count). The minimum atomic E-state index is 0.692. The van der Waals surface area contributed by atoms with Gasteiger partial charge in [-0.3, -0.25) is 19.6 Å². The number of likely N-dealkylation sites (tertiary alicyclic amines) is 3. The van der Waals surface area contributed by atoms with Crippen molar-refractivity contribution in [2.24, 2.45) is 41.4 Å². The lowest BCUT2D eigenvalue weighted by atomic mass is 9.71. The smallest absolute Gasteiger partial charge is 0.0285 e. The molecule has 11 fully saturated rings. The van der Waals surface area contributed by atoms with Crippen LogP contribution in [0.1, 0.15) is 219 Å². The van der Waals surface area contributed by atoms with Crippen LogP contribution < -0.4 is 0 Å².